The summed E-state index contributed by atoms with van der Waals surface area (Å²) in [6.07, 6.45) is -3.43. The third-order valence-electron chi connectivity index (χ3n) is 2.19. The van der Waals surface area contributed by atoms with Gasteiger partial charge in [0.05, 0.1) is 5.56 Å². The molecule has 1 aromatic rings. The molecule has 0 radical (unpaired) electrons. The highest BCUT2D eigenvalue weighted by Crippen LogP contribution is 2.30. The van der Waals surface area contributed by atoms with E-state index in [-0.39, 0.29) is 5.75 Å². The Morgan fingerprint density at radius 2 is 1.61 bits per heavy atom. The number of nitrogens with zero attached hydrogens (tertiary/aromatic N) is 2. The monoisotopic (exact) mass is 258 g/mol. The fourth-order valence-corrected chi connectivity index (χ4v) is 1.34. The van der Waals surface area contributed by atoms with Gasteiger partial charge < -0.3 is 9.84 Å². The van der Waals surface area contributed by atoms with Gasteiger partial charge in [0, 0.05) is 12.4 Å². The maximum absolute atomic E-state index is 12.3. The molecule has 1 aromatic carbocycles. The summed E-state index contributed by atoms with van der Waals surface area (Å²) in [7, 11) is 0. The number of ether oxygens (including phenoxy) is 1. The fraction of sp³-hybridized carbons (Fsp3) is 0.273. The zero-order valence-electron chi connectivity index (χ0n) is 9.00. The van der Waals surface area contributed by atoms with Crippen LogP contribution in [-0.2, 0) is 6.18 Å². The third-order valence-corrected chi connectivity index (χ3v) is 2.19. The van der Waals surface area contributed by atoms with E-state index in [0.29, 0.717) is 0 Å². The van der Waals surface area contributed by atoms with Crippen molar-refractivity contribution in [1.82, 2.24) is 0 Å². The zero-order chi connectivity index (χ0) is 13.2. The van der Waals surface area contributed by atoms with Gasteiger partial charge >= 0.3 is 6.18 Å². The topological polar surface area (TPSA) is 54.2 Å². The van der Waals surface area contributed by atoms with Crippen LogP contribution in [0.4, 0.5) is 13.2 Å². The van der Waals surface area contributed by atoms with Crippen LogP contribution in [0.5, 0.6) is 5.75 Å². The van der Waals surface area contributed by atoms with Crippen LogP contribution in [0.1, 0.15) is 5.56 Å². The summed E-state index contributed by atoms with van der Waals surface area (Å²) in [5, 5.41) is 8.94. The molecule has 0 aromatic heterocycles. The summed E-state index contributed by atoms with van der Waals surface area (Å²) in [5.74, 6) is 0.266. The van der Waals surface area contributed by atoms with Crippen LogP contribution in [0.25, 0.3) is 0 Å². The predicted octanol–water partition coefficient (Wildman–Crippen LogP) is 1.88. The normalized spacial score (nSPS) is 23.1. The molecule has 96 valence electrons. The molecule has 0 saturated carbocycles. The number of benzene rings is 1. The molecule has 0 amide bonds. The lowest BCUT2D eigenvalue weighted by atomic mass is 10.2. The average molecular weight is 258 g/mol. The molecule has 0 unspecified atom stereocenters. The third kappa shape index (κ3) is 3.07. The minimum atomic E-state index is -4.36. The van der Waals surface area contributed by atoms with Crippen LogP contribution >= 0.6 is 0 Å². The lowest BCUT2D eigenvalue weighted by Gasteiger charge is -2.15. The van der Waals surface area contributed by atoms with Gasteiger partial charge in [0.2, 0.25) is 6.35 Å². The van der Waals surface area contributed by atoms with Gasteiger partial charge in [-0.2, -0.15) is 13.2 Å². The van der Waals surface area contributed by atoms with Crippen molar-refractivity contribution >= 4 is 12.4 Å². The molecule has 1 N–H and O–H groups in total. The van der Waals surface area contributed by atoms with E-state index in [9.17, 15) is 13.2 Å². The fourth-order valence-electron chi connectivity index (χ4n) is 1.34. The van der Waals surface area contributed by atoms with Crippen molar-refractivity contribution in [1.29, 1.82) is 0 Å². The van der Waals surface area contributed by atoms with Crippen LogP contribution in [-0.4, -0.2) is 30.0 Å². The second-order valence-electron chi connectivity index (χ2n) is 3.55. The zero-order valence-corrected chi connectivity index (χ0v) is 9.00. The van der Waals surface area contributed by atoms with Gasteiger partial charge in [-0.05, 0) is 24.3 Å². The largest absolute Gasteiger partial charge is 0.479 e. The van der Waals surface area contributed by atoms with Crippen molar-refractivity contribution in [2.75, 3.05) is 0 Å². The number of rotatable bonds is 2. The maximum atomic E-state index is 12.3. The Hall–Kier alpha value is -1.89. The minimum absolute atomic E-state index is 0.266. The summed E-state index contributed by atoms with van der Waals surface area (Å²) >= 11 is 0. The standard InChI is InChI=1S/C11H9F3N2O2/c12-11(13,14)7-1-3-8(4-2-7)18-9-5-15-10(17)16-6-9/h1-6,9-10,17H. The van der Waals surface area contributed by atoms with Crippen molar-refractivity contribution in [2.45, 2.75) is 18.6 Å². The van der Waals surface area contributed by atoms with Gasteiger partial charge in [-0.3, -0.25) is 0 Å². The van der Waals surface area contributed by atoms with Gasteiger partial charge in [0.15, 0.2) is 6.10 Å². The minimum Gasteiger partial charge on any atom is -0.479 e. The van der Waals surface area contributed by atoms with Crippen molar-refractivity contribution in [3.63, 3.8) is 0 Å². The number of halogens is 3. The molecule has 1 aliphatic rings. The van der Waals surface area contributed by atoms with Gasteiger partial charge in [0.1, 0.15) is 5.75 Å². The smallest absolute Gasteiger partial charge is 0.416 e. The van der Waals surface area contributed by atoms with E-state index in [4.69, 9.17) is 9.84 Å². The first kappa shape index (κ1) is 12.6. The number of hydrogen-bond donors (Lipinski definition) is 1. The highest BCUT2D eigenvalue weighted by Gasteiger charge is 2.30. The lowest BCUT2D eigenvalue weighted by molar-refractivity contribution is -0.137. The SMILES string of the molecule is OC1N=CC(Oc2ccc(C(F)(F)F)cc2)C=N1. The Morgan fingerprint density at radius 3 is 2.11 bits per heavy atom. The van der Waals surface area contributed by atoms with E-state index in [1.54, 1.807) is 0 Å². The molecule has 4 nitrogen and oxygen atoms in total. The molecule has 7 heteroatoms. The van der Waals surface area contributed by atoms with Crippen molar-refractivity contribution in [3.05, 3.63) is 29.8 Å². The van der Waals surface area contributed by atoms with Gasteiger partial charge in [-0.1, -0.05) is 0 Å². The Labute approximate surface area is 100 Å². The van der Waals surface area contributed by atoms with E-state index in [0.717, 1.165) is 12.1 Å². The Kier molecular flexibility index (Phi) is 3.33. The molecular weight excluding hydrogens is 249 g/mol. The molecule has 0 saturated heterocycles. The first-order valence-electron chi connectivity index (χ1n) is 5.04. The summed E-state index contributed by atoms with van der Waals surface area (Å²) < 4.78 is 42.2. The molecule has 0 aliphatic carbocycles. The Bertz CT molecular complexity index is 454. The van der Waals surface area contributed by atoms with Crippen LogP contribution in [0.15, 0.2) is 34.3 Å². The summed E-state index contributed by atoms with van der Waals surface area (Å²) in [4.78, 5) is 7.18. The average Bonchev–Trinajstić information content (AvgIpc) is 2.32. The van der Waals surface area contributed by atoms with E-state index in [2.05, 4.69) is 9.98 Å². The Balaban J connectivity index is 2.03. The molecule has 0 spiro atoms. The molecule has 1 aliphatic heterocycles. The first-order valence-corrected chi connectivity index (χ1v) is 5.04. The molecule has 0 atom stereocenters. The highest BCUT2D eigenvalue weighted by molar-refractivity contribution is 5.88. The number of aliphatic imine (C=N–C) groups is 2. The van der Waals surface area contributed by atoms with Crippen LogP contribution in [0, 0.1) is 0 Å². The predicted molar refractivity (Wildman–Crippen MR) is 58.9 cm³/mol. The summed E-state index contributed by atoms with van der Waals surface area (Å²) in [6.45, 7) is 0. The second kappa shape index (κ2) is 4.77. The number of aliphatic hydroxyl groups excluding tert-OH is 1. The highest BCUT2D eigenvalue weighted by atomic mass is 19.4. The van der Waals surface area contributed by atoms with Crippen molar-refractivity contribution in [2.24, 2.45) is 9.98 Å². The number of aliphatic hydroxyl groups is 1. The van der Waals surface area contributed by atoms with Crippen LogP contribution in [0.2, 0.25) is 0 Å². The maximum Gasteiger partial charge on any atom is 0.416 e. The van der Waals surface area contributed by atoms with E-state index >= 15 is 0 Å². The first-order chi connectivity index (χ1) is 8.45. The number of hydrogen-bond acceptors (Lipinski definition) is 4. The van der Waals surface area contributed by atoms with E-state index in [1.807, 2.05) is 0 Å². The molecule has 2 rings (SSSR count). The summed E-state index contributed by atoms with van der Waals surface area (Å²) in [5.41, 5.74) is -0.740. The van der Waals surface area contributed by atoms with Crippen LogP contribution < -0.4 is 4.74 Å². The van der Waals surface area contributed by atoms with E-state index < -0.39 is 24.2 Å². The van der Waals surface area contributed by atoms with Gasteiger partial charge in [0.25, 0.3) is 0 Å². The molecular formula is C11H9F3N2O2. The van der Waals surface area contributed by atoms with Gasteiger partial charge in [-0.15, -0.1) is 0 Å². The molecule has 0 bridgehead atoms. The van der Waals surface area contributed by atoms with Crippen molar-refractivity contribution in [3.8, 4) is 5.75 Å². The lowest BCUT2D eigenvalue weighted by Crippen LogP contribution is -2.25. The quantitative estimate of drug-likeness (QED) is 0.880. The second-order valence-corrected chi connectivity index (χ2v) is 3.55. The van der Waals surface area contributed by atoms with Crippen LogP contribution in [0.3, 0.4) is 0 Å². The number of alkyl halides is 3. The van der Waals surface area contributed by atoms with Gasteiger partial charge in [-0.25, -0.2) is 9.98 Å². The molecule has 0 fully saturated rings. The Morgan fingerprint density at radius 1 is 1.06 bits per heavy atom. The molecule has 1 heterocycles. The molecule has 18 heavy (non-hydrogen) atoms. The summed E-state index contributed by atoms with van der Waals surface area (Å²) in [6, 6.07) is 4.30. The van der Waals surface area contributed by atoms with Crippen molar-refractivity contribution < 1.29 is 23.0 Å². The van der Waals surface area contributed by atoms with E-state index in [1.165, 1.54) is 24.6 Å².